The van der Waals surface area contributed by atoms with Crippen molar-refractivity contribution in [2.75, 3.05) is 16.9 Å². The van der Waals surface area contributed by atoms with E-state index < -0.39 is 0 Å². The molecule has 1 amide bonds. The number of hydrogen-bond donors (Lipinski definition) is 2. The van der Waals surface area contributed by atoms with Crippen LogP contribution in [-0.2, 0) is 4.79 Å². The number of nitrogen functional groups attached to an aromatic ring is 1. The number of aromatic nitrogens is 3. The third-order valence-electron chi connectivity index (χ3n) is 3.19. The van der Waals surface area contributed by atoms with Gasteiger partial charge in [-0.1, -0.05) is 45.9 Å². The van der Waals surface area contributed by atoms with E-state index in [1.54, 1.807) is 24.3 Å². The number of amides is 1. The number of nitrogens with zero attached hydrogens (tertiary/aromatic N) is 3. The second kappa shape index (κ2) is 7.66. The summed E-state index contributed by atoms with van der Waals surface area (Å²) in [5.74, 6) is 5.82. The summed E-state index contributed by atoms with van der Waals surface area (Å²) in [5.41, 5.74) is 1.20. The number of anilines is 1. The molecule has 0 saturated heterocycles. The normalized spacial score (nSPS) is 10.6. The maximum Gasteiger partial charge on any atom is 0.234 e. The zero-order valence-corrected chi connectivity index (χ0v) is 15.2. The van der Waals surface area contributed by atoms with Crippen LogP contribution < -0.4 is 11.2 Å². The van der Waals surface area contributed by atoms with E-state index in [0.29, 0.717) is 22.2 Å². The van der Waals surface area contributed by atoms with Crippen LogP contribution in [0.1, 0.15) is 0 Å². The molecule has 0 aliphatic rings. The number of rotatable bonds is 5. The molecular weight excluding hydrogens is 409 g/mol. The van der Waals surface area contributed by atoms with E-state index in [9.17, 15) is 9.18 Å². The molecule has 0 atom stereocenters. The molecule has 0 bridgehead atoms. The Morgan fingerprint density at radius 2 is 2.04 bits per heavy atom. The summed E-state index contributed by atoms with van der Waals surface area (Å²) in [6.07, 6.45) is 0. The smallest absolute Gasteiger partial charge is 0.234 e. The first kappa shape index (κ1) is 17.4. The van der Waals surface area contributed by atoms with Crippen LogP contribution in [0.2, 0.25) is 0 Å². The molecule has 2 aromatic carbocycles. The van der Waals surface area contributed by atoms with E-state index in [-0.39, 0.29) is 17.5 Å². The molecule has 1 heterocycles. The molecule has 128 valence electrons. The maximum atomic E-state index is 13.3. The van der Waals surface area contributed by atoms with Crippen LogP contribution in [0, 0.1) is 5.82 Å². The van der Waals surface area contributed by atoms with Crippen molar-refractivity contribution in [2.45, 2.75) is 5.16 Å². The lowest BCUT2D eigenvalue weighted by molar-refractivity contribution is -0.113. The van der Waals surface area contributed by atoms with Gasteiger partial charge in [0, 0.05) is 15.7 Å². The van der Waals surface area contributed by atoms with E-state index in [0.717, 1.165) is 16.2 Å². The monoisotopic (exact) mass is 421 g/mol. The summed E-state index contributed by atoms with van der Waals surface area (Å²) in [6, 6.07) is 13.2. The van der Waals surface area contributed by atoms with Crippen LogP contribution in [0.5, 0.6) is 0 Å². The predicted molar refractivity (Wildman–Crippen MR) is 99.1 cm³/mol. The number of carbonyl (C=O) groups excluding carboxylic acids is 1. The summed E-state index contributed by atoms with van der Waals surface area (Å²) >= 11 is 4.49. The molecule has 1 aromatic heterocycles. The van der Waals surface area contributed by atoms with Crippen molar-refractivity contribution in [3.63, 3.8) is 0 Å². The van der Waals surface area contributed by atoms with Gasteiger partial charge in [-0.25, -0.2) is 9.07 Å². The minimum Gasteiger partial charge on any atom is -0.335 e. The molecule has 0 saturated carbocycles. The van der Waals surface area contributed by atoms with Crippen LogP contribution >= 0.6 is 27.7 Å². The van der Waals surface area contributed by atoms with Gasteiger partial charge >= 0.3 is 0 Å². The van der Waals surface area contributed by atoms with E-state index in [4.69, 9.17) is 5.84 Å². The molecule has 0 radical (unpaired) electrons. The van der Waals surface area contributed by atoms with Crippen LogP contribution in [0.15, 0.2) is 58.2 Å². The first-order valence-electron chi connectivity index (χ1n) is 7.17. The molecule has 6 nitrogen and oxygen atoms in total. The lowest BCUT2D eigenvalue weighted by Gasteiger charge is -2.06. The van der Waals surface area contributed by atoms with Crippen molar-refractivity contribution in [3.8, 4) is 11.4 Å². The van der Waals surface area contributed by atoms with Crippen molar-refractivity contribution in [1.29, 1.82) is 0 Å². The Labute approximate surface area is 155 Å². The predicted octanol–water partition coefficient (Wildman–Crippen LogP) is 3.29. The Morgan fingerprint density at radius 1 is 1.24 bits per heavy atom. The molecule has 0 aliphatic heterocycles. The second-order valence-corrected chi connectivity index (χ2v) is 6.89. The van der Waals surface area contributed by atoms with Gasteiger partial charge in [-0.05, 0) is 30.3 Å². The third-order valence-corrected chi connectivity index (χ3v) is 4.62. The number of nitrogens with one attached hydrogen (secondary N) is 1. The molecule has 3 aromatic rings. The van der Waals surface area contributed by atoms with E-state index in [1.165, 1.54) is 16.8 Å². The molecule has 0 spiro atoms. The summed E-state index contributed by atoms with van der Waals surface area (Å²) in [6.45, 7) is 0. The molecular formula is C16H13BrFN5OS. The lowest BCUT2D eigenvalue weighted by Crippen LogP contribution is -2.16. The Kier molecular flexibility index (Phi) is 5.34. The van der Waals surface area contributed by atoms with Crippen molar-refractivity contribution in [3.05, 3.63) is 58.8 Å². The van der Waals surface area contributed by atoms with Gasteiger partial charge < -0.3 is 11.2 Å². The maximum absolute atomic E-state index is 13.3. The highest BCUT2D eigenvalue weighted by Crippen LogP contribution is 2.22. The first-order valence-corrected chi connectivity index (χ1v) is 8.95. The molecule has 25 heavy (non-hydrogen) atoms. The Balaban J connectivity index is 1.65. The number of thioether (sulfide) groups is 1. The number of carbonyl (C=O) groups is 1. The average molecular weight is 422 g/mol. The molecule has 0 fully saturated rings. The molecule has 3 N–H and O–H groups in total. The summed E-state index contributed by atoms with van der Waals surface area (Å²) < 4.78 is 15.4. The fraction of sp³-hybridized carbons (Fsp3) is 0.0625. The molecule has 0 aliphatic carbocycles. The summed E-state index contributed by atoms with van der Waals surface area (Å²) in [4.78, 5) is 12.0. The SMILES string of the molecule is Nn1c(SCC(=O)Nc2cccc(Br)c2)nnc1-c1cccc(F)c1. The highest BCUT2D eigenvalue weighted by atomic mass is 79.9. The topological polar surface area (TPSA) is 85.8 Å². The number of hydrogen-bond acceptors (Lipinski definition) is 5. The van der Waals surface area contributed by atoms with Crippen LogP contribution in [0.4, 0.5) is 10.1 Å². The minimum absolute atomic E-state index is 0.116. The first-order chi connectivity index (χ1) is 12.0. The van der Waals surface area contributed by atoms with E-state index in [1.807, 2.05) is 12.1 Å². The Bertz CT molecular complexity index is 917. The molecule has 9 heteroatoms. The Hall–Kier alpha value is -2.39. The van der Waals surface area contributed by atoms with Gasteiger partial charge in [-0.15, -0.1) is 10.2 Å². The fourth-order valence-electron chi connectivity index (χ4n) is 2.09. The van der Waals surface area contributed by atoms with E-state index in [2.05, 4.69) is 31.4 Å². The summed E-state index contributed by atoms with van der Waals surface area (Å²) in [7, 11) is 0. The van der Waals surface area contributed by atoms with Gasteiger partial charge in [-0.3, -0.25) is 4.79 Å². The molecule has 3 rings (SSSR count). The van der Waals surface area contributed by atoms with Gasteiger partial charge in [0.15, 0.2) is 5.82 Å². The number of benzene rings is 2. The highest BCUT2D eigenvalue weighted by Gasteiger charge is 2.14. The van der Waals surface area contributed by atoms with Gasteiger partial charge in [0.1, 0.15) is 5.82 Å². The largest absolute Gasteiger partial charge is 0.335 e. The van der Waals surface area contributed by atoms with Gasteiger partial charge in [0.05, 0.1) is 5.75 Å². The summed E-state index contributed by atoms with van der Waals surface area (Å²) in [5, 5.41) is 11.1. The van der Waals surface area contributed by atoms with Gasteiger partial charge in [-0.2, -0.15) is 0 Å². The quantitative estimate of drug-likeness (QED) is 0.487. The second-order valence-electron chi connectivity index (χ2n) is 5.03. The standard InChI is InChI=1S/C16H13BrFN5OS/c17-11-4-2-6-13(8-11)20-14(24)9-25-16-22-21-15(23(16)19)10-3-1-5-12(18)7-10/h1-8H,9,19H2,(H,20,24). The van der Waals surface area contributed by atoms with Gasteiger partial charge in [0.2, 0.25) is 11.1 Å². The van der Waals surface area contributed by atoms with Crippen molar-refractivity contribution in [1.82, 2.24) is 14.9 Å². The zero-order valence-electron chi connectivity index (χ0n) is 12.8. The van der Waals surface area contributed by atoms with Gasteiger partial charge in [0.25, 0.3) is 0 Å². The fourth-order valence-corrected chi connectivity index (χ4v) is 3.15. The van der Waals surface area contributed by atoms with Crippen LogP contribution in [-0.4, -0.2) is 26.5 Å². The van der Waals surface area contributed by atoms with Crippen LogP contribution in [0.25, 0.3) is 11.4 Å². The number of halogens is 2. The highest BCUT2D eigenvalue weighted by molar-refractivity contribution is 9.10. The molecule has 0 unspecified atom stereocenters. The number of nitrogens with two attached hydrogens (primary N) is 1. The lowest BCUT2D eigenvalue weighted by atomic mass is 10.2. The third kappa shape index (κ3) is 4.37. The van der Waals surface area contributed by atoms with Crippen molar-refractivity contribution < 1.29 is 9.18 Å². The average Bonchev–Trinajstić information content (AvgIpc) is 2.94. The Morgan fingerprint density at radius 3 is 2.80 bits per heavy atom. The minimum atomic E-state index is -0.386. The van der Waals surface area contributed by atoms with E-state index >= 15 is 0 Å². The zero-order chi connectivity index (χ0) is 17.8. The van der Waals surface area contributed by atoms with Crippen molar-refractivity contribution >= 4 is 39.3 Å². The van der Waals surface area contributed by atoms with Crippen LogP contribution in [0.3, 0.4) is 0 Å². The van der Waals surface area contributed by atoms with Crippen molar-refractivity contribution in [2.24, 2.45) is 0 Å².